The number of aliphatic carboxylic acids is 1. The topological polar surface area (TPSA) is 112 Å². The molecule has 2 heterocycles. The number of amides is 2. The van der Waals surface area contributed by atoms with Crippen molar-refractivity contribution in [3.05, 3.63) is 65.7 Å². The zero-order chi connectivity index (χ0) is 23.2. The normalized spacial score (nSPS) is 19.6. The van der Waals surface area contributed by atoms with Gasteiger partial charge in [0, 0.05) is 17.8 Å². The molecule has 0 radical (unpaired) electrons. The van der Waals surface area contributed by atoms with E-state index in [2.05, 4.69) is 15.4 Å². The second-order valence-corrected chi connectivity index (χ2v) is 8.19. The molecule has 2 fully saturated rings. The first-order valence-electron chi connectivity index (χ1n) is 10.9. The molecular weight excluding hydrogens is 424 g/mol. The molecule has 2 saturated heterocycles. The van der Waals surface area contributed by atoms with E-state index in [0.717, 1.165) is 11.3 Å². The van der Waals surface area contributed by atoms with Crippen molar-refractivity contribution in [3.63, 3.8) is 0 Å². The van der Waals surface area contributed by atoms with Crippen LogP contribution in [0.5, 0.6) is 0 Å². The molecule has 33 heavy (non-hydrogen) atoms. The van der Waals surface area contributed by atoms with Crippen molar-refractivity contribution in [2.75, 3.05) is 31.1 Å². The summed E-state index contributed by atoms with van der Waals surface area (Å²) >= 11 is 0. The molecule has 2 aliphatic rings. The van der Waals surface area contributed by atoms with E-state index in [0.29, 0.717) is 44.6 Å². The predicted molar refractivity (Wildman–Crippen MR) is 122 cm³/mol. The van der Waals surface area contributed by atoms with Gasteiger partial charge in [-0.2, -0.15) is 5.10 Å². The Kier molecular flexibility index (Phi) is 6.99. The van der Waals surface area contributed by atoms with E-state index in [1.54, 1.807) is 29.2 Å². The van der Waals surface area contributed by atoms with Crippen LogP contribution in [0.25, 0.3) is 0 Å². The lowest BCUT2D eigenvalue weighted by molar-refractivity contribution is -0.143. The van der Waals surface area contributed by atoms with Gasteiger partial charge in [-0.15, -0.1) is 0 Å². The van der Waals surface area contributed by atoms with Crippen molar-refractivity contribution in [1.29, 1.82) is 0 Å². The molecule has 2 aliphatic heterocycles. The molecule has 0 saturated carbocycles. The van der Waals surface area contributed by atoms with Crippen molar-refractivity contribution in [2.24, 2.45) is 11.0 Å². The Balaban J connectivity index is 1.27. The van der Waals surface area contributed by atoms with Crippen LogP contribution < -0.4 is 10.3 Å². The summed E-state index contributed by atoms with van der Waals surface area (Å²) in [6.07, 6.45) is 2.13. The Morgan fingerprint density at radius 1 is 1.09 bits per heavy atom. The van der Waals surface area contributed by atoms with Crippen LogP contribution in [0.4, 0.5) is 10.5 Å². The van der Waals surface area contributed by atoms with Gasteiger partial charge in [0.25, 0.3) is 5.91 Å². The fourth-order valence-corrected chi connectivity index (χ4v) is 4.04. The average molecular weight is 450 g/mol. The van der Waals surface area contributed by atoms with Crippen LogP contribution in [0.1, 0.15) is 28.8 Å². The Morgan fingerprint density at radius 2 is 1.79 bits per heavy atom. The number of hydrogen-bond donors (Lipinski definition) is 2. The number of cyclic esters (lactones) is 1. The van der Waals surface area contributed by atoms with Gasteiger partial charge in [0.1, 0.15) is 6.10 Å². The fraction of sp³-hybridized carbons (Fsp3) is 0.333. The summed E-state index contributed by atoms with van der Waals surface area (Å²) in [4.78, 5) is 39.2. The summed E-state index contributed by atoms with van der Waals surface area (Å²) in [6, 6.07) is 16.1. The van der Waals surface area contributed by atoms with Gasteiger partial charge < -0.3 is 9.84 Å². The third-order valence-electron chi connectivity index (χ3n) is 5.89. The van der Waals surface area contributed by atoms with Crippen molar-refractivity contribution in [1.82, 2.24) is 10.3 Å². The number of nitrogens with one attached hydrogen (secondary N) is 1. The predicted octanol–water partition coefficient (Wildman–Crippen LogP) is 2.57. The highest BCUT2D eigenvalue weighted by Crippen LogP contribution is 2.24. The van der Waals surface area contributed by atoms with Crippen LogP contribution in [-0.4, -0.2) is 66.5 Å². The van der Waals surface area contributed by atoms with Crippen LogP contribution in [0.2, 0.25) is 0 Å². The Bertz CT molecular complexity index is 1020. The Morgan fingerprint density at radius 3 is 2.45 bits per heavy atom. The zero-order valence-electron chi connectivity index (χ0n) is 18.1. The monoisotopic (exact) mass is 450 g/mol. The Hall–Kier alpha value is -3.72. The largest absolute Gasteiger partial charge is 0.481 e. The van der Waals surface area contributed by atoms with Crippen molar-refractivity contribution in [3.8, 4) is 0 Å². The lowest BCUT2D eigenvalue weighted by Crippen LogP contribution is -2.41. The second kappa shape index (κ2) is 10.3. The smallest absolute Gasteiger partial charge is 0.414 e. The summed E-state index contributed by atoms with van der Waals surface area (Å²) in [5.41, 5.74) is 4.51. The molecule has 4 rings (SSSR count). The van der Waals surface area contributed by atoms with Gasteiger partial charge in [-0.3, -0.25) is 19.4 Å². The molecule has 2 aromatic rings. The summed E-state index contributed by atoms with van der Waals surface area (Å²) < 4.78 is 5.52. The highest BCUT2D eigenvalue weighted by Gasteiger charge is 2.34. The van der Waals surface area contributed by atoms with Crippen LogP contribution in [0, 0.1) is 5.92 Å². The number of carbonyl (C=O) groups is 3. The Labute approximate surface area is 191 Å². The van der Waals surface area contributed by atoms with E-state index in [4.69, 9.17) is 9.84 Å². The van der Waals surface area contributed by atoms with E-state index in [-0.39, 0.29) is 17.9 Å². The number of hydrazone groups is 1. The number of carboxylic acid groups (broad SMARTS) is 1. The molecule has 2 aromatic carbocycles. The quantitative estimate of drug-likeness (QED) is 0.495. The summed E-state index contributed by atoms with van der Waals surface area (Å²) in [5.74, 6) is -1.31. The number of carboxylic acids is 1. The van der Waals surface area contributed by atoms with Gasteiger partial charge in [-0.1, -0.05) is 30.3 Å². The summed E-state index contributed by atoms with van der Waals surface area (Å²) in [6.45, 7) is 2.43. The van der Waals surface area contributed by atoms with E-state index < -0.39 is 12.1 Å². The zero-order valence-corrected chi connectivity index (χ0v) is 18.1. The third kappa shape index (κ3) is 5.75. The molecule has 9 nitrogen and oxygen atoms in total. The van der Waals surface area contributed by atoms with Crippen LogP contribution >= 0.6 is 0 Å². The van der Waals surface area contributed by atoms with Crippen molar-refractivity contribution in [2.45, 2.75) is 18.9 Å². The van der Waals surface area contributed by atoms with E-state index in [9.17, 15) is 14.4 Å². The average Bonchev–Trinajstić information content (AvgIpc) is 3.20. The fourth-order valence-electron chi connectivity index (χ4n) is 4.04. The maximum absolute atomic E-state index is 12.4. The molecule has 1 unspecified atom stereocenters. The number of piperidine rings is 1. The highest BCUT2D eigenvalue weighted by atomic mass is 16.6. The second-order valence-electron chi connectivity index (χ2n) is 8.19. The van der Waals surface area contributed by atoms with Gasteiger partial charge in [0.05, 0.1) is 18.7 Å². The SMILES string of the molecule is O=C(NN=Cc1ccc(N2CC(CN3CCC(C(=O)O)CC3)OC2=O)cc1)c1ccccc1. The molecule has 2 N–H and O–H groups in total. The third-order valence-corrected chi connectivity index (χ3v) is 5.89. The molecule has 172 valence electrons. The number of benzene rings is 2. The minimum atomic E-state index is -0.736. The van der Waals surface area contributed by atoms with Crippen LogP contribution in [0.3, 0.4) is 0 Å². The maximum atomic E-state index is 12.4. The lowest BCUT2D eigenvalue weighted by Gasteiger charge is -2.31. The van der Waals surface area contributed by atoms with Gasteiger partial charge in [0.15, 0.2) is 0 Å². The first kappa shape index (κ1) is 22.5. The van der Waals surface area contributed by atoms with Gasteiger partial charge >= 0.3 is 12.1 Å². The molecule has 1 atom stereocenters. The van der Waals surface area contributed by atoms with Gasteiger partial charge in [-0.05, 0) is 55.8 Å². The van der Waals surface area contributed by atoms with E-state index in [1.807, 2.05) is 30.3 Å². The summed E-state index contributed by atoms with van der Waals surface area (Å²) in [5, 5.41) is 13.1. The number of ether oxygens (including phenoxy) is 1. The molecule has 9 heteroatoms. The minimum absolute atomic E-state index is 0.256. The number of anilines is 1. The van der Waals surface area contributed by atoms with Gasteiger partial charge in [-0.25, -0.2) is 10.2 Å². The molecule has 2 amide bonds. The van der Waals surface area contributed by atoms with Crippen molar-refractivity contribution >= 4 is 29.9 Å². The maximum Gasteiger partial charge on any atom is 0.414 e. The van der Waals surface area contributed by atoms with Crippen molar-refractivity contribution < 1.29 is 24.2 Å². The molecule has 0 bridgehead atoms. The lowest BCUT2D eigenvalue weighted by atomic mass is 9.97. The number of carbonyl (C=O) groups excluding carboxylic acids is 2. The van der Waals surface area contributed by atoms with Crippen LogP contribution in [-0.2, 0) is 9.53 Å². The number of hydrogen-bond acceptors (Lipinski definition) is 6. The van der Waals surface area contributed by atoms with E-state index >= 15 is 0 Å². The standard InChI is InChI=1S/C24H26N4O5/c29-22(18-4-2-1-3-5-18)26-25-14-17-6-8-20(9-7-17)28-16-21(33-24(28)32)15-27-12-10-19(11-13-27)23(30)31/h1-9,14,19,21H,10-13,15-16H2,(H,26,29)(H,30,31). The van der Waals surface area contributed by atoms with Gasteiger partial charge in [0.2, 0.25) is 0 Å². The number of likely N-dealkylation sites (tertiary alicyclic amines) is 1. The number of rotatable bonds is 7. The van der Waals surface area contributed by atoms with E-state index in [1.165, 1.54) is 6.21 Å². The highest BCUT2D eigenvalue weighted by molar-refractivity contribution is 5.95. The summed E-state index contributed by atoms with van der Waals surface area (Å²) in [7, 11) is 0. The number of nitrogens with zero attached hydrogens (tertiary/aromatic N) is 3. The minimum Gasteiger partial charge on any atom is -0.481 e. The molecular formula is C24H26N4O5. The molecule has 0 aromatic heterocycles. The first-order chi connectivity index (χ1) is 16.0. The molecule has 0 spiro atoms. The molecule has 0 aliphatic carbocycles. The first-order valence-corrected chi connectivity index (χ1v) is 10.9. The van der Waals surface area contributed by atoms with Crippen LogP contribution in [0.15, 0.2) is 59.7 Å².